The molecular weight excluding hydrogens is 190 g/mol. The smallest absolute Gasteiger partial charge is 0.156 e. The zero-order valence-electron chi connectivity index (χ0n) is 9.40. The summed E-state index contributed by atoms with van der Waals surface area (Å²) in [6.45, 7) is 0.938. The molecule has 1 rings (SSSR count). The van der Waals surface area contributed by atoms with Crippen LogP contribution in [0.4, 0.5) is 5.69 Å². The van der Waals surface area contributed by atoms with Crippen LogP contribution in [-0.4, -0.2) is 27.1 Å². The summed E-state index contributed by atoms with van der Waals surface area (Å²) in [6.07, 6.45) is 1.86. The highest BCUT2D eigenvalue weighted by Crippen LogP contribution is 2.06. The van der Waals surface area contributed by atoms with Crippen LogP contribution in [0.3, 0.4) is 0 Å². The van der Waals surface area contributed by atoms with Gasteiger partial charge in [0.25, 0.3) is 0 Å². The number of nitrogens with one attached hydrogen (secondary N) is 1. The highest BCUT2D eigenvalue weighted by atomic mass is 16.7. The lowest BCUT2D eigenvalue weighted by atomic mass is 10.2. The SMILES string of the molecule is COC(CCCNc1ccccc1)OC. The maximum absolute atomic E-state index is 5.10. The summed E-state index contributed by atoms with van der Waals surface area (Å²) in [5.74, 6) is 0. The van der Waals surface area contributed by atoms with Crippen LogP contribution in [-0.2, 0) is 9.47 Å². The van der Waals surface area contributed by atoms with Crippen LogP contribution in [0.2, 0.25) is 0 Å². The fourth-order valence-electron chi connectivity index (χ4n) is 1.39. The lowest BCUT2D eigenvalue weighted by Gasteiger charge is -2.13. The molecule has 0 heterocycles. The molecule has 0 spiro atoms. The molecule has 0 aliphatic carbocycles. The molecule has 0 aromatic heterocycles. The highest BCUT2D eigenvalue weighted by molar-refractivity contribution is 5.42. The van der Waals surface area contributed by atoms with Gasteiger partial charge in [0.2, 0.25) is 0 Å². The Bertz CT molecular complexity index is 247. The van der Waals surface area contributed by atoms with E-state index in [1.54, 1.807) is 14.2 Å². The first-order chi connectivity index (χ1) is 7.36. The summed E-state index contributed by atoms with van der Waals surface area (Å²) in [5.41, 5.74) is 1.16. The molecule has 15 heavy (non-hydrogen) atoms. The molecule has 0 radical (unpaired) electrons. The topological polar surface area (TPSA) is 30.5 Å². The normalized spacial score (nSPS) is 10.6. The molecule has 1 aromatic rings. The lowest BCUT2D eigenvalue weighted by molar-refractivity contribution is -0.106. The van der Waals surface area contributed by atoms with E-state index in [0.29, 0.717) is 0 Å². The Hall–Kier alpha value is -1.06. The number of ether oxygens (including phenoxy) is 2. The van der Waals surface area contributed by atoms with Gasteiger partial charge >= 0.3 is 0 Å². The van der Waals surface area contributed by atoms with Gasteiger partial charge in [0.05, 0.1) is 0 Å². The van der Waals surface area contributed by atoms with Gasteiger partial charge in [0, 0.05) is 26.5 Å². The second-order valence-electron chi connectivity index (χ2n) is 3.34. The van der Waals surface area contributed by atoms with Gasteiger partial charge in [0.1, 0.15) is 0 Å². The lowest BCUT2D eigenvalue weighted by Crippen LogP contribution is -2.14. The maximum Gasteiger partial charge on any atom is 0.156 e. The van der Waals surface area contributed by atoms with Gasteiger partial charge in [-0.2, -0.15) is 0 Å². The van der Waals surface area contributed by atoms with Gasteiger partial charge in [-0.3, -0.25) is 0 Å². The largest absolute Gasteiger partial charge is 0.385 e. The Morgan fingerprint density at radius 1 is 1.13 bits per heavy atom. The van der Waals surface area contributed by atoms with Crippen molar-refractivity contribution >= 4 is 5.69 Å². The van der Waals surface area contributed by atoms with E-state index in [-0.39, 0.29) is 6.29 Å². The van der Waals surface area contributed by atoms with Gasteiger partial charge in [-0.15, -0.1) is 0 Å². The minimum atomic E-state index is -0.0810. The molecule has 0 saturated heterocycles. The van der Waals surface area contributed by atoms with E-state index in [1.807, 2.05) is 18.2 Å². The van der Waals surface area contributed by atoms with Crippen molar-refractivity contribution in [2.75, 3.05) is 26.1 Å². The second-order valence-corrected chi connectivity index (χ2v) is 3.34. The molecule has 0 aliphatic rings. The first-order valence-electron chi connectivity index (χ1n) is 5.21. The highest BCUT2D eigenvalue weighted by Gasteiger charge is 2.03. The zero-order chi connectivity index (χ0) is 10.9. The summed E-state index contributed by atoms with van der Waals surface area (Å²) in [7, 11) is 3.33. The molecule has 0 bridgehead atoms. The summed E-state index contributed by atoms with van der Waals surface area (Å²) in [5, 5.41) is 3.34. The molecule has 0 fully saturated rings. The van der Waals surface area contributed by atoms with Crippen molar-refractivity contribution < 1.29 is 9.47 Å². The van der Waals surface area contributed by atoms with E-state index in [0.717, 1.165) is 25.1 Å². The van der Waals surface area contributed by atoms with E-state index in [2.05, 4.69) is 17.4 Å². The Morgan fingerprint density at radius 2 is 1.80 bits per heavy atom. The van der Waals surface area contributed by atoms with Gasteiger partial charge in [-0.25, -0.2) is 0 Å². The maximum atomic E-state index is 5.10. The number of methoxy groups -OCH3 is 2. The third kappa shape index (κ3) is 4.81. The zero-order valence-corrected chi connectivity index (χ0v) is 9.40. The number of hydrogen-bond acceptors (Lipinski definition) is 3. The van der Waals surface area contributed by atoms with Crippen LogP contribution >= 0.6 is 0 Å². The van der Waals surface area contributed by atoms with Crippen molar-refractivity contribution in [2.45, 2.75) is 19.1 Å². The molecule has 1 aromatic carbocycles. The van der Waals surface area contributed by atoms with Crippen LogP contribution in [0.5, 0.6) is 0 Å². The molecule has 0 saturated carbocycles. The number of hydrogen-bond donors (Lipinski definition) is 1. The first kappa shape index (κ1) is 12.0. The predicted octanol–water partition coefficient (Wildman–Crippen LogP) is 2.50. The predicted molar refractivity (Wildman–Crippen MR) is 62.0 cm³/mol. The first-order valence-corrected chi connectivity index (χ1v) is 5.21. The standard InChI is InChI=1S/C12H19NO2/c1-14-12(15-2)9-6-10-13-11-7-4-3-5-8-11/h3-5,7-8,12-13H,6,9-10H2,1-2H3. The van der Waals surface area contributed by atoms with Gasteiger partial charge < -0.3 is 14.8 Å². The van der Waals surface area contributed by atoms with E-state index in [4.69, 9.17) is 9.47 Å². The van der Waals surface area contributed by atoms with Crippen LogP contribution in [0.15, 0.2) is 30.3 Å². The molecular formula is C12H19NO2. The van der Waals surface area contributed by atoms with Crippen molar-refractivity contribution in [2.24, 2.45) is 0 Å². The molecule has 3 heteroatoms. The van der Waals surface area contributed by atoms with Gasteiger partial charge in [-0.1, -0.05) is 18.2 Å². The molecule has 0 unspecified atom stereocenters. The minimum absolute atomic E-state index is 0.0810. The Balaban J connectivity index is 2.12. The summed E-state index contributed by atoms with van der Waals surface area (Å²) < 4.78 is 10.2. The summed E-state index contributed by atoms with van der Waals surface area (Å²) in [6, 6.07) is 10.2. The summed E-state index contributed by atoms with van der Waals surface area (Å²) >= 11 is 0. The fraction of sp³-hybridized carbons (Fsp3) is 0.500. The quantitative estimate of drug-likeness (QED) is 0.553. The average molecular weight is 209 g/mol. The van der Waals surface area contributed by atoms with Crippen molar-refractivity contribution in [3.63, 3.8) is 0 Å². The molecule has 1 N–H and O–H groups in total. The van der Waals surface area contributed by atoms with Gasteiger partial charge in [0.15, 0.2) is 6.29 Å². The molecule has 0 atom stereocenters. The Labute approximate surface area is 91.4 Å². The van der Waals surface area contributed by atoms with E-state index >= 15 is 0 Å². The molecule has 3 nitrogen and oxygen atoms in total. The third-order valence-electron chi connectivity index (χ3n) is 2.25. The Morgan fingerprint density at radius 3 is 2.40 bits per heavy atom. The van der Waals surface area contributed by atoms with Crippen molar-refractivity contribution in [3.05, 3.63) is 30.3 Å². The monoisotopic (exact) mass is 209 g/mol. The number of anilines is 1. The van der Waals surface area contributed by atoms with E-state index in [9.17, 15) is 0 Å². The third-order valence-corrected chi connectivity index (χ3v) is 2.25. The number of rotatable bonds is 7. The molecule has 0 aliphatic heterocycles. The minimum Gasteiger partial charge on any atom is -0.385 e. The summed E-state index contributed by atoms with van der Waals surface area (Å²) in [4.78, 5) is 0. The van der Waals surface area contributed by atoms with Crippen molar-refractivity contribution in [3.8, 4) is 0 Å². The van der Waals surface area contributed by atoms with Gasteiger partial charge in [-0.05, 0) is 25.0 Å². The average Bonchev–Trinajstić information content (AvgIpc) is 2.31. The number of benzene rings is 1. The van der Waals surface area contributed by atoms with Crippen LogP contribution in [0.1, 0.15) is 12.8 Å². The fourth-order valence-corrected chi connectivity index (χ4v) is 1.39. The van der Waals surface area contributed by atoms with E-state index in [1.165, 1.54) is 0 Å². The molecule has 84 valence electrons. The van der Waals surface area contributed by atoms with Crippen LogP contribution < -0.4 is 5.32 Å². The Kier molecular flexibility index (Phi) is 5.81. The molecule has 0 amide bonds. The van der Waals surface area contributed by atoms with E-state index < -0.39 is 0 Å². The van der Waals surface area contributed by atoms with Crippen molar-refractivity contribution in [1.29, 1.82) is 0 Å². The van der Waals surface area contributed by atoms with Crippen LogP contribution in [0, 0.1) is 0 Å². The number of para-hydroxylation sites is 1. The second kappa shape index (κ2) is 7.26. The van der Waals surface area contributed by atoms with Crippen molar-refractivity contribution in [1.82, 2.24) is 0 Å². The van der Waals surface area contributed by atoms with Crippen LogP contribution in [0.25, 0.3) is 0 Å².